The van der Waals surface area contributed by atoms with Gasteiger partial charge in [0.2, 0.25) is 0 Å². The molecule has 28 heavy (non-hydrogen) atoms. The molecule has 0 spiro atoms. The molecule has 2 aliphatic rings. The van der Waals surface area contributed by atoms with Crippen molar-refractivity contribution in [1.29, 1.82) is 0 Å². The third kappa shape index (κ3) is 6.34. The number of halogens is 1. The number of nitrogens with zero attached hydrogens (tertiary/aromatic N) is 3. The van der Waals surface area contributed by atoms with Gasteiger partial charge in [-0.1, -0.05) is 0 Å². The van der Waals surface area contributed by atoms with E-state index in [1.807, 2.05) is 12.1 Å². The lowest BCUT2D eigenvalue weighted by molar-refractivity contribution is 0.0893. The van der Waals surface area contributed by atoms with Gasteiger partial charge in [0, 0.05) is 64.1 Å². The predicted octanol–water partition coefficient (Wildman–Crippen LogP) is 2.36. The lowest BCUT2D eigenvalue weighted by atomic mass is 10.1. The summed E-state index contributed by atoms with van der Waals surface area (Å²) in [4.78, 5) is 9.37. The summed E-state index contributed by atoms with van der Waals surface area (Å²) < 4.78 is 24.2. The summed E-state index contributed by atoms with van der Waals surface area (Å²) in [6.07, 6.45) is 2.05. The molecule has 1 N–H and O–H groups in total. The number of benzene rings is 1. The van der Waals surface area contributed by atoms with Gasteiger partial charge in [0.05, 0.1) is 13.2 Å². The first-order valence-corrected chi connectivity index (χ1v) is 10.5. The maximum Gasteiger partial charge on any atom is 0.194 e. The van der Waals surface area contributed by atoms with Crippen LogP contribution in [-0.2, 0) is 9.47 Å². The number of ether oxygens (including phenoxy) is 2. The van der Waals surface area contributed by atoms with Crippen LogP contribution in [0.1, 0.15) is 19.8 Å². The number of hydrogen-bond donors (Lipinski definition) is 1. The van der Waals surface area contributed by atoms with Gasteiger partial charge in [0.1, 0.15) is 5.82 Å². The molecule has 2 aliphatic heterocycles. The third-order valence-corrected chi connectivity index (χ3v) is 5.19. The zero-order valence-corrected chi connectivity index (χ0v) is 16.9. The van der Waals surface area contributed by atoms with Gasteiger partial charge in [-0.2, -0.15) is 0 Å². The van der Waals surface area contributed by atoms with Gasteiger partial charge in [-0.3, -0.25) is 4.99 Å². The summed E-state index contributed by atoms with van der Waals surface area (Å²) in [6, 6.07) is 6.74. The molecule has 2 fully saturated rings. The molecule has 1 unspecified atom stereocenters. The van der Waals surface area contributed by atoms with Crippen molar-refractivity contribution < 1.29 is 13.9 Å². The van der Waals surface area contributed by atoms with Crippen molar-refractivity contribution in [3.05, 3.63) is 30.1 Å². The van der Waals surface area contributed by atoms with E-state index in [2.05, 4.69) is 22.0 Å². The van der Waals surface area contributed by atoms with E-state index in [-0.39, 0.29) is 5.82 Å². The Kier molecular flexibility index (Phi) is 8.36. The zero-order chi connectivity index (χ0) is 19.6. The average molecular weight is 393 g/mol. The second-order valence-corrected chi connectivity index (χ2v) is 7.34. The minimum atomic E-state index is -0.190. The molecule has 2 saturated heterocycles. The second kappa shape index (κ2) is 11.2. The van der Waals surface area contributed by atoms with Crippen molar-refractivity contribution in [2.75, 3.05) is 70.6 Å². The number of anilines is 1. The summed E-state index contributed by atoms with van der Waals surface area (Å²) in [6.45, 7) is 10.6. The summed E-state index contributed by atoms with van der Waals surface area (Å²) >= 11 is 0. The highest BCUT2D eigenvalue weighted by atomic mass is 19.1. The molecule has 2 heterocycles. The maximum absolute atomic E-state index is 13.1. The summed E-state index contributed by atoms with van der Waals surface area (Å²) in [5, 5.41) is 3.40. The molecule has 0 aromatic heterocycles. The summed E-state index contributed by atoms with van der Waals surface area (Å²) in [7, 11) is 0. The van der Waals surface area contributed by atoms with E-state index in [4.69, 9.17) is 14.5 Å². The van der Waals surface area contributed by atoms with Crippen LogP contribution < -0.4 is 10.2 Å². The van der Waals surface area contributed by atoms with Gasteiger partial charge in [-0.25, -0.2) is 4.39 Å². The molecule has 0 saturated carbocycles. The number of piperazine rings is 1. The highest BCUT2D eigenvalue weighted by molar-refractivity contribution is 5.80. The Morgan fingerprint density at radius 3 is 2.71 bits per heavy atom. The first-order chi connectivity index (χ1) is 13.8. The van der Waals surface area contributed by atoms with Crippen molar-refractivity contribution in [3.63, 3.8) is 0 Å². The lowest BCUT2D eigenvalue weighted by Crippen LogP contribution is -2.52. The van der Waals surface area contributed by atoms with Crippen LogP contribution >= 0.6 is 0 Å². The molecule has 3 rings (SSSR count). The number of guanidine groups is 1. The normalized spacial score (nSPS) is 20.6. The number of rotatable bonds is 8. The second-order valence-electron chi connectivity index (χ2n) is 7.34. The van der Waals surface area contributed by atoms with Crippen LogP contribution in [0.25, 0.3) is 0 Å². The Hall–Kier alpha value is -1.86. The predicted molar refractivity (Wildman–Crippen MR) is 111 cm³/mol. The topological polar surface area (TPSA) is 49.3 Å². The van der Waals surface area contributed by atoms with Crippen LogP contribution in [0.15, 0.2) is 29.3 Å². The van der Waals surface area contributed by atoms with Crippen LogP contribution in [0.3, 0.4) is 0 Å². The molecule has 0 amide bonds. The molecular weight excluding hydrogens is 359 g/mol. The minimum absolute atomic E-state index is 0.190. The van der Waals surface area contributed by atoms with E-state index in [9.17, 15) is 4.39 Å². The van der Waals surface area contributed by atoms with Crippen LogP contribution in [0.4, 0.5) is 10.1 Å². The zero-order valence-electron chi connectivity index (χ0n) is 16.9. The van der Waals surface area contributed by atoms with E-state index >= 15 is 0 Å². The molecule has 0 radical (unpaired) electrons. The average Bonchev–Trinajstić information content (AvgIpc) is 3.24. The summed E-state index contributed by atoms with van der Waals surface area (Å²) in [5.41, 5.74) is 1.08. The van der Waals surface area contributed by atoms with Crippen molar-refractivity contribution in [3.8, 4) is 0 Å². The molecule has 0 bridgehead atoms. The molecule has 6 nitrogen and oxygen atoms in total. The van der Waals surface area contributed by atoms with Crippen molar-refractivity contribution >= 4 is 11.6 Å². The van der Waals surface area contributed by atoms with E-state index in [0.29, 0.717) is 5.92 Å². The first kappa shape index (κ1) is 20.9. The Morgan fingerprint density at radius 2 is 2.04 bits per heavy atom. The maximum atomic E-state index is 13.1. The molecule has 156 valence electrons. The van der Waals surface area contributed by atoms with Crippen molar-refractivity contribution in [2.24, 2.45) is 10.9 Å². The fourth-order valence-electron chi connectivity index (χ4n) is 3.57. The minimum Gasteiger partial charge on any atom is -0.381 e. The van der Waals surface area contributed by atoms with Crippen molar-refractivity contribution in [2.45, 2.75) is 19.8 Å². The van der Waals surface area contributed by atoms with Crippen LogP contribution in [0.5, 0.6) is 0 Å². The standard InChI is InChI=1S/C21H33FN4O2/c1-2-23-21(24-9-3-14-27-16-18-8-15-28-17-18)26-12-10-25(11-13-26)20-6-4-19(22)5-7-20/h4-7,18H,2-3,8-17H2,1H3,(H,23,24). The Bertz CT molecular complexity index is 597. The highest BCUT2D eigenvalue weighted by Gasteiger charge is 2.20. The lowest BCUT2D eigenvalue weighted by Gasteiger charge is -2.37. The van der Waals surface area contributed by atoms with E-state index in [1.165, 1.54) is 12.1 Å². The SMILES string of the molecule is CCNC(=NCCCOCC1CCOC1)N1CCN(c2ccc(F)cc2)CC1. The molecule has 1 aromatic rings. The van der Waals surface area contributed by atoms with Crippen LogP contribution in [0, 0.1) is 11.7 Å². The van der Waals surface area contributed by atoms with Crippen molar-refractivity contribution in [1.82, 2.24) is 10.2 Å². The smallest absolute Gasteiger partial charge is 0.194 e. The van der Waals surface area contributed by atoms with Gasteiger partial charge in [-0.15, -0.1) is 0 Å². The Balaban J connectivity index is 1.39. The van der Waals surface area contributed by atoms with Gasteiger partial charge in [-0.05, 0) is 44.0 Å². The molecule has 1 atom stereocenters. The quantitative estimate of drug-likeness (QED) is 0.418. The highest BCUT2D eigenvalue weighted by Crippen LogP contribution is 2.17. The molecular formula is C21H33FN4O2. The van der Waals surface area contributed by atoms with Crippen LogP contribution in [-0.4, -0.2) is 76.6 Å². The first-order valence-electron chi connectivity index (χ1n) is 10.5. The fourth-order valence-corrected chi connectivity index (χ4v) is 3.57. The molecule has 7 heteroatoms. The van der Waals surface area contributed by atoms with E-state index in [1.54, 1.807) is 0 Å². The monoisotopic (exact) mass is 392 g/mol. The fraction of sp³-hybridized carbons (Fsp3) is 0.667. The van der Waals surface area contributed by atoms with Gasteiger partial charge < -0.3 is 24.6 Å². The summed E-state index contributed by atoms with van der Waals surface area (Å²) in [5.74, 6) is 1.35. The molecule has 0 aliphatic carbocycles. The number of aliphatic imine (C=N–C) groups is 1. The Morgan fingerprint density at radius 1 is 1.25 bits per heavy atom. The van der Waals surface area contributed by atoms with Gasteiger partial charge in [0.25, 0.3) is 0 Å². The Labute approximate surface area is 167 Å². The third-order valence-electron chi connectivity index (χ3n) is 5.19. The van der Waals surface area contributed by atoms with Gasteiger partial charge >= 0.3 is 0 Å². The van der Waals surface area contributed by atoms with E-state index in [0.717, 1.165) is 90.2 Å². The van der Waals surface area contributed by atoms with Gasteiger partial charge in [0.15, 0.2) is 5.96 Å². The van der Waals surface area contributed by atoms with Crippen LogP contribution in [0.2, 0.25) is 0 Å². The number of hydrogen-bond acceptors (Lipinski definition) is 4. The molecule has 1 aromatic carbocycles. The van der Waals surface area contributed by atoms with E-state index < -0.39 is 0 Å². The largest absolute Gasteiger partial charge is 0.381 e. The number of nitrogens with one attached hydrogen (secondary N) is 1.